The molecule has 5 heteroatoms. The van der Waals surface area contributed by atoms with Crippen molar-refractivity contribution in [2.45, 2.75) is 12.3 Å². The third-order valence-corrected chi connectivity index (χ3v) is 3.51. The first-order valence-electron chi connectivity index (χ1n) is 6.13. The first-order valence-corrected chi connectivity index (χ1v) is 6.13. The molecule has 5 nitrogen and oxygen atoms in total. The van der Waals surface area contributed by atoms with Crippen LogP contribution < -0.4 is 5.56 Å². The summed E-state index contributed by atoms with van der Waals surface area (Å²) in [5, 5.41) is 8.92. The van der Waals surface area contributed by atoms with Crippen molar-refractivity contribution in [2.75, 3.05) is 13.2 Å². The number of carboxylic acids is 1. The maximum Gasteiger partial charge on any atom is 0.341 e. The minimum Gasteiger partial charge on any atom is -0.477 e. The van der Waals surface area contributed by atoms with Gasteiger partial charge in [-0.1, -0.05) is 0 Å². The van der Waals surface area contributed by atoms with Gasteiger partial charge in [-0.25, -0.2) is 4.79 Å². The number of aromatic carboxylic acids is 1. The second-order valence-electron chi connectivity index (χ2n) is 4.67. The van der Waals surface area contributed by atoms with E-state index in [0.29, 0.717) is 18.0 Å². The van der Waals surface area contributed by atoms with E-state index in [9.17, 15) is 9.59 Å². The van der Waals surface area contributed by atoms with Gasteiger partial charge in [0.25, 0.3) is 5.56 Å². The molecule has 0 aliphatic carbocycles. The van der Waals surface area contributed by atoms with Crippen LogP contribution in [-0.2, 0) is 4.74 Å². The number of hydrogen-bond acceptors (Lipinski definition) is 3. The van der Waals surface area contributed by atoms with Gasteiger partial charge >= 0.3 is 5.97 Å². The summed E-state index contributed by atoms with van der Waals surface area (Å²) in [5.41, 5.74) is 1.12. The Morgan fingerprint density at radius 2 is 2.21 bits per heavy atom. The second-order valence-corrected chi connectivity index (χ2v) is 4.67. The Morgan fingerprint density at radius 1 is 1.37 bits per heavy atom. The van der Waals surface area contributed by atoms with E-state index in [4.69, 9.17) is 9.84 Å². The fourth-order valence-electron chi connectivity index (χ4n) is 2.43. The number of nitrogens with zero attached hydrogens (tertiary/aromatic N) is 1. The number of carboxylic acid groups (broad SMARTS) is 1. The van der Waals surface area contributed by atoms with E-state index >= 15 is 0 Å². The van der Waals surface area contributed by atoms with Crippen molar-refractivity contribution >= 4 is 11.5 Å². The van der Waals surface area contributed by atoms with Crippen LogP contribution >= 0.6 is 0 Å². The van der Waals surface area contributed by atoms with E-state index in [1.165, 1.54) is 10.5 Å². The first kappa shape index (κ1) is 11.9. The fourth-order valence-corrected chi connectivity index (χ4v) is 2.43. The highest BCUT2D eigenvalue weighted by molar-refractivity contribution is 5.87. The molecule has 0 spiro atoms. The second kappa shape index (κ2) is 4.51. The van der Waals surface area contributed by atoms with E-state index < -0.39 is 11.5 Å². The molecule has 1 saturated heterocycles. The number of hydrogen-bond donors (Lipinski definition) is 1. The third kappa shape index (κ3) is 2.02. The monoisotopic (exact) mass is 259 g/mol. The minimum atomic E-state index is -1.20. The number of ether oxygens (including phenoxy) is 1. The van der Waals surface area contributed by atoms with Crippen molar-refractivity contribution in [1.82, 2.24) is 4.40 Å². The molecule has 0 saturated carbocycles. The average molecular weight is 259 g/mol. The molecule has 0 amide bonds. The zero-order valence-electron chi connectivity index (χ0n) is 10.2. The van der Waals surface area contributed by atoms with Gasteiger partial charge < -0.3 is 9.84 Å². The Morgan fingerprint density at radius 3 is 2.89 bits per heavy atom. The molecule has 0 bridgehead atoms. The molecular weight excluding hydrogens is 246 g/mol. The first-order chi connectivity index (χ1) is 9.16. The summed E-state index contributed by atoms with van der Waals surface area (Å²) in [6.07, 6.45) is 2.62. The maximum absolute atomic E-state index is 12.0. The number of pyridine rings is 2. The Bertz CT molecular complexity index is 698. The van der Waals surface area contributed by atoms with Gasteiger partial charge in [0.15, 0.2) is 0 Å². The lowest BCUT2D eigenvalue weighted by Gasteiger charge is -2.10. The standard InChI is InChI=1S/C14H13NO4/c16-13-12(14(17)18)2-1-11-7-9(3-5-15(11)13)10-4-6-19-8-10/h1-3,5,7,10H,4,6,8H2,(H,17,18). The van der Waals surface area contributed by atoms with Crippen molar-refractivity contribution in [2.24, 2.45) is 0 Å². The molecule has 1 N–H and O–H groups in total. The molecule has 0 radical (unpaired) electrons. The highest BCUT2D eigenvalue weighted by Crippen LogP contribution is 2.25. The van der Waals surface area contributed by atoms with Crippen LogP contribution in [0.4, 0.5) is 0 Å². The lowest BCUT2D eigenvalue weighted by molar-refractivity contribution is 0.0695. The molecule has 2 aromatic rings. The Kier molecular flexibility index (Phi) is 2.83. The molecule has 1 atom stereocenters. The average Bonchev–Trinajstić information content (AvgIpc) is 2.92. The molecule has 1 unspecified atom stereocenters. The number of carbonyl (C=O) groups is 1. The van der Waals surface area contributed by atoms with Gasteiger partial charge in [-0.2, -0.15) is 0 Å². The summed E-state index contributed by atoms with van der Waals surface area (Å²) in [6, 6.07) is 6.80. The Labute approximate surface area is 109 Å². The molecule has 0 aromatic carbocycles. The minimum absolute atomic E-state index is 0.213. The Balaban J connectivity index is 2.12. The topological polar surface area (TPSA) is 68.0 Å². The van der Waals surface area contributed by atoms with Gasteiger partial charge in [0.2, 0.25) is 0 Å². The normalized spacial score (nSPS) is 18.8. The molecule has 98 valence electrons. The summed E-state index contributed by atoms with van der Waals surface area (Å²) in [4.78, 5) is 22.9. The van der Waals surface area contributed by atoms with Crippen LogP contribution in [0.2, 0.25) is 0 Å². The summed E-state index contributed by atoms with van der Waals surface area (Å²) >= 11 is 0. The zero-order chi connectivity index (χ0) is 13.4. The molecule has 1 aliphatic rings. The van der Waals surface area contributed by atoms with E-state index in [0.717, 1.165) is 18.6 Å². The Hall–Kier alpha value is -2.14. The van der Waals surface area contributed by atoms with Gasteiger partial charge in [0, 0.05) is 24.2 Å². The SMILES string of the molecule is O=C(O)c1ccc2cc(C3CCOC3)ccn2c1=O. The molecule has 1 fully saturated rings. The highest BCUT2D eigenvalue weighted by atomic mass is 16.5. The molecule has 2 aromatic heterocycles. The largest absolute Gasteiger partial charge is 0.477 e. The van der Waals surface area contributed by atoms with Crippen LogP contribution in [0.15, 0.2) is 35.3 Å². The molecule has 3 heterocycles. The number of fused-ring (bicyclic) bond motifs is 1. The van der Waals surface area contributed by atoms with Crippen LogP contribution in [0.5, 0.6) is 0 Å². The smallest absolute Gasteiger partial charge is 0.341 e. The number of aromatic nitrogens is 1. The van der Waals surface area contributed by atoms with E-state index in [1.54, 1.807) is 12.3 Å². The van der Waals surface area contributed by atoms with Gasteiger partial charge in [-0.15, -0.1) is 0 Å². The third-order valence-electron chi connectivity index (χ3n) is 3.51. The molecule has 19 heavy (non-hydrogen) atoms. The zero-order valence-corrected chi connectivity index (χ0v) is 10.2. The van der Waals surface area contributed by atoms with Crippen molar-refractivity contribution in [3.8, 4) is 0 Å². The van der Waals surface area contributed by atoms with E-state index in [1.807, 2.05) is 12.1 Å². The van der Waals surface area contributed by atoms with Gasteiger partial charge in [0.1, 0.15) is 5.56 Å². The summed E-state index contributed by atoms with van der Waals surface area (Å²) in [6.45, 7) is 1.47. The van der Waals surface area contributed by atoms with Crippen LogP contribution in [-0.4, -0.2) is 28.7 Å². The van der Waals surface area contributed by atoms with Crippen molar-refractivity contribution < 1.29 is 14.6 Å². The lowest BCUT2D eigenvalue weighted by Crippen LogP contribution is -2.21. The van der Waals surface area contributed by atoms with E-state index in [2.05, 4.69) is 0 Å². The van der Waals surface area contributed by atoms with Crippen LogP contribution in [0.25, 0.3) is 5.52 Å². The predicted octanol–water partition coefficient (Wildman–Crippen LogP) is 1.50. The highest BCUT2D eigenvalue weighted by Gasteiger charge is 2.18. The molecular formula is C14H13NO4. The van der Waals surface area contributed by atoms with Gasteiger partial charge in [0.05, 0.1) is 6.61 Å². The van der Waals surface area contributed by atoms with Gasteiger partial charge in [-0.3, -0.25) is 9.20 Å². The summed E-state index contributed by atoms with van der Waals surface area (Å²) < 4.78 is 6.72. The lowest BCUT2D eigenvalue weighted by atomic mass is 9.99. The predicted molar refractivity (Wildman–Crippen MR) is 68.8 cm³/mol. The van der Waals surface area contributed by atoms with Crippen molar-refractivity contribution in [3.05, 3.63) is 51.9 Å². The van der Waals surface area contributed by atoms with Crippen molar-refractivity contribution in [3.63, 3.8) is 0 Å². The summed E-state index contributed by atoms with van der Waals surface area (Å²) in [7, 11) is 0. The summed E-state index contributed by atoms with van der Waals surface area (Å²) in [5.74, 6) is -0.841. The molecule has 3 rings (SSSR count). The molecule has 1 aliphatic heterocycles. The van der Waals surface area contributed by atoms with E-state index in [-0.39, 0.29) is 5.56 Å². The quantitative estimate of drug-likeness (QED) is 0.887. The van der Waals surface area contributed by atoms with Gasteiger partial charge in [-0.05, 0) is 36.2 Å². The van der Waals surface area contributed by atoms with Crippen LogP contribution in [0.3, 0.4) is 0 Å². The van der Waals surface area contributed by atoms with Crippen molar-refractivity contribution in [1.29, 1.82) is 0 Å². The number of rotatable bonds is 2. The van der Waals surface area contributed by atoms with Crippen LogP contribution in [0.1, 0.15) is 28.3 Å². The van der Waals surface area contributed by atoms with Crippen LogP contribution in [0, 0.1) is 0 Å². The fraction of sp³-hybridized carbons (Fsp3) is 0.286. The maximum atomic E-state index is 12.0.